The first kappa shape index (κ1) is 10.0. The summed E-state index contributed by atoms with van der Waals surface area (Å²) in [5.74, 6) is 0. The maximum atomic E-state index is 5.01. The van der Waals surface area contributed by atoms with Crippen molar-refractivity contribution in [2.45, 2.75) is 20.3 Å². The quantitative estimate of drug-likeness (QED) is 0.434. The first-order chi connectivity index (χ1) is 5.41. The second kappa shape index (κ2) is 9.02. The standard InChI is InChI=1S/C10H16O/c1-3-5-6-7-8-9-10-11-4-2/h3,5-7,9-10H,4,8H2,1-2H3/b5-3-,7-6?,10-9+. The highest BCUT2D eigenvalue weighted by Gasteiger charge is 1.69. The van der Waals surface area contributed by atoms with Crippen molar-refractivity contribution in [3.8, 4) is 0 Å². The van der Waals surface area contributed by atoms with Crippen LogP contribution in [0.25, 0.3) is 0 Å². The van der Waals surface area contributed by atoms with Gasteiger partial charge in [0.05, 0.1) is 12.9 Å². The third kappa shape index (κ3) is 9.02. The Morgan fingerprint density at radius 2 is 2.00 bits per heavy atom. The molecule has 1 heteroatoms. The maximum absolute atomic E-state index is 5.01. The van der Waals surface area contributed by atoms with Crippen LogP contribution in [0.5, 0.6) is 0 Å². The van der Waals surface area contributed by atoms with Gasteiger partial charge in [0.15, 0.2) is 0 Å². The number of hydrogen-bond acceptors (Lipinski definition) is 1. The van der Waals surface area contributed by atoms with E-state index in [-0.39, 0.29) is 0 Å². The molecule has 0 N–H and O–H groups in total. The average molecular weight is 152 g/mol. The molecule has 0 saturated heterocycles. The lowest BCUT2D eigenvalue weighted by atomic mass is 10.3. The second-order valence-corrected chi connectivity index (χ2v) is 2.02. The van der Waals surface area contributed by atoms with E-state index in [0.717, 1.165) is 13.0 Å². The van der Waals surface area contributed by atoms with Crippen molar-refractivity contribution < 1.29 is 4.74 Å². The van der Waals surface area contributed by atoms with Gasteiger partial charge in [0.1, 0.15) is 0 Å². The summed E-state index contributed by atoms with van der Waals surface area (Å²) < 4.78 is 5.01. The van der Waals surface area contributed by atoms with E-state index in [9.17, 15) is 0 Å². The summed E-state index contributed by atoms with van der Waals surface area (Å²) in [5.41, 5.74) is 0. The molecule has 1 nitrogen and oxygen atoms in total. The van der Waals surface area contributed by atoms with E-state index < -0.39 is 0 Å². The molecule has 0 aliphatic rings. The molecule has 0 atom stereocenters. The molecule has 0 fully saturated rings. The minimum atomic E-state index is 0.745. The number of rotatable bonds is 5. The average Bonchev–Trinajstić information content (AvgIpc) is 2.03. The molecule has 0 rings (SSSR count). The van der Waals surface area contributed by atoms with Crippen LogP contribution >= 0.6 is 0 Å². The molecule has 0 aromatic rings. The Hall–Kier alpha value is -0.980. The molecule has 0 amide bonds. The minimum Gasteiger partial charge on any atom is -0.502 e. The van der Waals surface area contributed by atoms with E-state index in [0.29, 0.717) is 0 Å². The highest BCUT2D eigenvalue weighted by Crippen LogP contribution is 1.87. The van der Waals surface area contributed by atoms with Gasteiger partial charge in [-0.25, -0.2) is 0 Å². The monoisotopic (exact) mass is 152 g/mol. The molecule has 0 radical (unpaired) electrons. The molecule has 0 spiro atoms. The molecule has 0 aromatic heterocycles. The molecule has 0 unspecified atom stereocenters. The summed E-state index contributed by atoms with van der Waals surface area (Å²) in [6, 6.07) is 0. The predicted molar refractivity (Wildman–Crippen MR) is 49.3 cm³/mol. The maximum Gasteiger partial charge on any atom is 0.0845 e. The number of allylic oxidation sites excluding steroid dienone is 5. The lowest BCUT2D eigenvalue weighted by molar-refractivity contribution is 0.268. The Morgan fingerprint density at radius 3 is 2.64 bits per heavy atom. The van der Waals surface area contributed by atoms with Crippen molar-refractivity contribution in [3.63, 3.8) is 0 Å². The SMILES string of the molecule is C/C=C\C=CC/C=C/OCC. The van der Waals surface area contributed by atoms with Gasteiger partial charge in [-0.2, -0.15) is 0 Å². The van der Waals surface area contributed by atoms with Gasteiger partial charge >= 0.3 is 0 Å². The van der Waals surface area contributed by atoms with Gasteiger partial charge in [-0.15, -0.1) is 0 Å². The van der Waals surface area contributed by atoms with Crippen LogP contribution in [-0.2, 0) is 4.74 Å². The highest BCUT2D eigenvalue weighted by atomic mass is 16.5. The van der Waals surface area contributed by atoms with E-state index in [1.54, 1.807) is 6.26 Å². The van der Waals surface area contributed by atoms with Gasteiger partial charge in [0.25, 0.3) is 0 Å². The lowest BCUT2D eigenvalue weighted by Crippen LogP contribution is -1.75. The third-order valence-electron chi connectivity index (χ3n) is 1.07. The molecule has 62 valence electrons. The van der Waals surface area contributed by atoms with E-state index in [1.165, 1.54) is 0 Å². The van der Waals surface area contributed by atoms with Crippen LogP contribution in [0, 0.1) is 0 Å². The van der Waals surface area contributed by atoms with Gasteiger partial charge in [-0.1, -0.05) is 24.3 Å². The Labute approximate surface area is 69.1 Å². The predicted octanol–water partition coefficient (Wildman–Crippen LogP) is 3.06. The van der Waals surface area contributed by atoms with E-state index in [4.69, 9.17) is 4.74 Å². The van der Waals surface area contributed by atoms with Gasteiger partial charge < -0.3 is 4.74 Å². The molecule has 0 aliphatic carbocycles. The van der Waals surface area contributed by atoms with E-state index in [2.05, 4.69) is 6.08 Å². The second-order valence-electron chi connectivity index (χ2n) is 2.02. The molecule has 0 bridgehead atoms. The fourth-order valence-electron chi connectivity index (χ4n) is 0.567. The van der Waals surface area contributed by atoms with Crippen molar-refractivity contribution in [1.82, 2.24) is 0 Å². The molecule has 0 saturated carbocycles. The number of hydrogen-bond donors (Lipinski definition) is 0. The molecule has 0 heterocycles. The molecule has 0 aromatic carbocycles. The molecular formula is C10H16O. The third-order valence-corrected chi connectivity index (χ3v) is 1.07. The van der Waals surface area contributed by atoms with Crippen LogP contribution in [0.15, 0.2) is 36.6 Å². The Bertz CT molecular complexity index is 143. The van der Waals surface area contributed by atoms with Crippen molar-refractivity contribution >= 4 is 0 Å². The largest absolute Gasteiger partial charge is 0.502 e. The van der Waals surface area contributed by atoms with E-state index >= 15 is 0 Å². The summed E-state index contributed by atoms with van der Waals surface area (Å²) in [6.07, 6.45) is 12.8. The van der Waals surface area contributed by atoms with Crippen LogP contribution in [0.1, 0.15) is 20.3 Å². The van der Waals surface area contributed by atoms with Crippen LogP contribution in [0.3, 0.4) is 0 Å². The van der Waals surface area contributed by atoms with Gasteiger partial charge in [0.2, 0.25) is 0 Å². The van der Waals surface area contributed by atoms with Crippen LogP contribution in [0.4, 0.5) is 0 Å². The first-order valence-corrected chi connectivity index (χ1v) is 3.96. The normalized spacial score (nSPS) is 12.2. The van der Waals surface area contributed by atoms with Crippen LogP contribution < -0.4 is 0 Å². The minimum absolute atomic E-state index is 0.745. The molecule has 0 aliphatic heterocycles. The van der Waals surface area contributed by atoms with Gasteiger partial charge in [-0.3, -0.25) is 0 Å². The zero-order chi connectivity index (χ0) is 8.36. The Balaban J connectivity index is 3.25. The molecule has 11 heavy (non-hydrogen) atoms. The van der Waals surface area contributed by atoms with E-state index in [1.807, 2.05) is 38.2 Å². The highest BCUT2D eigenvalue weighted by molar-refractivity contribution is 5.03. The smallest absolute Gasteiger partial charge is 0.0845 e. The Morgan fingerprint density at radius 1 is 1.18 bits per heavy atom. The zero-order valence-corrected chi connectivity index (χ0v) is 7.29. The lowest BCUT2D eigenvalue weighted by Gasteiger charge is -1.89. The van der Waals surface area contributed by atoms with Crippen molar-refractivity contribution in [2.24, 2.45) is 0 Å². The van der Waals surface area contributed by atoms with Crippen molar-refractivity contribution in [3.05, 3.63) is 36.6 Å². The summed E-state index contributed by atoms with van der Waals surface area (Å²) in [6.45, 7) is 4.72. The number of ether oxygens (including phenoxy) is 1. The fraction of sp³-hybridized carbons (Fsp3) is 0.400. The topological polar surface area (TPSA) is 9.23 Å². The van der Waals surface area contributed by atoms with Crippen molar-refractivity contribution in [1.29, 1.82) is 0 Å². The Kier molecular flexibility index (Phi) is 8.22. The summed E-state index contributed by atoms with van der Waals surface area (Å²) in [4.78, 5) is 0. The first-order valence-electron chi connectivity index (χ1n) is 3.96. The van der Waals surface area contributed by atoms with Crippen LogP contribution in [-0.4, -0.2) is 6.61 Å². The molecular weight excluding hydrogens is 136 g/mol. The zero-order valence-electron chi connectivity index (χ0n) is 7.29. The van der Waals surface area contributed by atoms with Crippen molar-refractivity contribution in [2.75, 3.05) is 6.61 Å². The van der Waals surface area contributed by atoms with Crippen LogP contribution in [0.2, 0.25) is 0 Å². The van der Waals surface area contributed by atoms with Gasteiger partial charge in [0, 0.05) is 0 Å². The van der Waals surface area contributed by atoms with Gasteiger partial charge in [-0.05, 0) is 26.3 Å². The fourth-order valence-corrected chi connectivity index (χ4v) is 0.567. The summed E-state index contributed by atoms with van der Waals surface area (Å²) in [5, 5.41) is 0. The summed E-state index contributed by atoms with van der Waals surface area (Å²) in [7, 11) is 0. The summed E-state index contributed by atoms with van der Waals surface area (Å²) >= 11 is 0.